The van der Waals surface area contributed by atoms with E-state index >= 15 is 0 Å². The minimum atomic E-state index is -3.31. The van der Waals surface area contributed by atoms with Crippen molar-refractivity contribution in [3.05, 3.63) is 0 Å². The molecule has 0 spiro atoms. The maximum atomic E-state index is 13.9. The fraction of sp³-hybridized carbons (Fsp3) is 0.920. The van der Waals surface area contributed by atoms with E-state index in [2.05, 4.69) is 4.89 Å². The van der Waals surface area contributed by atoms with Crippen molar-refractivity contribution in [3.63, 3.8) is 0 Å². The molecule has 0 amide bonds. The van der Waals surface area contributed by atoms with Crippen molar-refractivity contribution in [1.82, 2.24) is 0 Å². The van der Waals surface area contributed by atoms with Gasteiger partial charge in [-0.1, -0.05) is 65.7 Å². The second-order valence-corrected chi connectivity index (χ2v) is 9.86. The van der Waals surface area contributed by atoms with Crippen LogP contribution in [0.2, 0.25) is 0 Å². The summed E-state index contributed by atoms with van der Waals surface area (Å²) in [5.74, 6) is -4.81. The number of hydrogen-bond donors (Lipinski definition) is 2. The molecule has 0 radical (unpaired) electrons. The number of ketones is 2. The van der Waals surface area contributed by atoms with E-state index < -0.39 is 24.2 Å². The Morgan fingerprint density at radius 2 is 1.72 bits per heavy atom. The van der Waals surface area contributed by atoms with Gasteiger partial charge < -0.3 is 5.11 Å². The van der Waals surface area contributed by atoms with Crippen LogP contribution in [-0.4, -0.2) is 40.1 Å². The number of aliphatic hydroxyl groups excluding tert-OH is 1. The van der Waals surface area contributed by atoms with Crippen LogP contribution in [0.25, 0.3) is 0 Å². The van der Waals surface area contributed by atoms with Gasteiger partial charge in [-0.15, -0.1) is 0 Å². The normalized spacial score (nSPS) is 22.6. The first-order valence-electron chi connectivity index (χ1n) is 12.6. The lowest BCUT2D eigenvalue weighted by atomic mass is 9.85. The maximum absolute atomic E-state index is 13.9. The molecule has 0 bridgehead atoms. The number of unbranched alkanes of at least 4 members (excludes halogenated alkanes) is 6. The first-order valence-corrected chi connectivity index (χ1v) is 12.6. The van der Waals surface area contributed by atoms with Crippen LogP contribution in [-0.2, 0) is 14.5 Å². The van der Waals surface area contributed by atoms with Crippen LogP contribution >= 0.6 is 0 Å². The minimum Gasteiger partial charge on any atom is -0.392 e. The summed E-state index contributed by atoms with van der Waals surface area (Å²) >= 11 is 0. The summed E-state index contributed by atoms with van der Waals surface area (Å²) in [5, 5.41) is 19.1. The third-order valence-corrected chi connectivity index (χ3v) is 6.92. The number of rotatable bonds is 18. The highest BCUT2D eigenvalue weighted by Gasteiger charge is 2.43. The zero-order chi connectivity index (χ0) is 24.1. The quantitative estimate of drug-likeness (QED) is 0.141. The molecule has 0 aromatic rings. The Morgan fingerprint density at radius 3 is 2.31 bits per heavy atom. The standard InChI is InChI=1S/C25H44F2O5/c1-4-5-16-25(26,27)24(30)15-14-20-19(21(28)17-22(20)29)12-10-8-6-7-9-11-13-23(32-31)18(2)3/h18-20,22-23,29,31H,4-17H2,1-3H3/t19-,20-,22-,23?/m1/s1. The van der Waals surface area contributed by atoms with Gasteiger partial charge in [0.05, 0.1) is 12.2 Å². The summed E-state index contributed by atoms with van der Waals surface area (Å²) in [7, 11) is 0. The largest absolute Gasteiger partial charge is 0.392 e. The van der Waals surface area contributed by atoms with Gasteiger partial charge in [0.15, 0.2) is 0 Å². The number of hydrogen-bond acceptors (Lipinski definition) is 5. The third-order valence-electron chi connectivity index (χ3n) is 6.92. The molecule has 7 heteroatoms. The van der Waals surface area contributed by atoms with Crippen molar-refractivity contribution >= 4 is 11.6 Å². The summed E-state index contributed by atoms with van der Waals surface area (Å²) in [4.78, 5) is 28.8. The fourth-order valence-electron chi connectivity index (χ4n) is 4.73. The number of aliphatic hydroxyl groups is 1. The van der Waals surface area contributed by atoms with Crippen molar-refractivity contribution < 1.29 is 33.6 Å². The first-order chi connectivity index (χ1) is 15.1. The first kappa shape index (κ1) is 29.1. The van der Waals surface area contributed by atoms with Crippen molar-refractivity contribution in [2.45, 2.75) is 129 Å². The molecular weight excluding hydrogens is 418 g/mol. The van der Waals surface area contributed by atoms with Gasteiger partial charge in [0, 0.05) is 25.2 Å². The zero-order valence-electron chi connectivity index (χ0n) is 20.2. The molecule has 1 unspecified atom stereocenters. The predicted molar refractivity (Wildman–Crippen MR) is 121 cm³/mol. The lowest BCUT2D eigenvalue weighted by molar-refractivity contribution is -0.289. The van der Waals surface area contributed by atoms with Crippen LogP contribution < -0.4 is 0 Å². The summed E-state index contributed by atoms with van der Waals surface area (Å²) < 4.78 is 27.9. The van der Waals surface area contributed by atoms with Gasteiger partial charge in [-0.2, -0.15) is 8.78 Å². The van der Waals surface area contributed by atoms with Crippen LogP contribution in [0, 0.1) is 17.8 Å². The van der Waals surface area contributed by atoms with E-state index in [9.17, 15) is 23.5 Å². The van der Waals surface area contributed by atoms with Crippen molar-refractivity contribution in [2.75, 3.05) is 0 Å². The lowest BCUT2D eigenvalue weighted by Gasteiger charge is -2.22. The SMILES string of the molecule is CCCCC(F)(F)C(=O)CC[C@H]1[C@H](O)CC(=O)[C@@H]1CCCCCCCCC(OO)C(C)C. The van der Waals surface area contributed by atoms with Crippen LogP contribution in [0.15, 0.2) is 0 Å². The van der Waals surface area contributed by atoms with Gasteiger partial charge in [-0.05, 0) is 37.5 Å². The van der Waals surface area contributed by atoms with Gasteiger partial charge >= 0.3 is 5.92 Å². The molecule has 0 aromatic carbocycles. The molecule has 1 saturated carbocycles. The Balaban J connectivity index is 2.32. The maximum Gasteiger partial charge on any atom is 0.305 e. The van der Waals surface area contributed by atoms with Crippen LogP contribution in [0.3, 0.4) is 0 Å². The zero-order valence-corrected chi connectivity index (χ0v) is 20.2. The van der Waals surface area contributed by atoms with E-state index in [4.69, 9.17) is 5.26 Å². The molecular formula is C25H44F2O5. The van der Waals surface area contributed by atoms with Gasteiger partial charge in [-0.25, -0.2) is 4.89 Å². The number of halogens is 2. The summed E-state index contributed by atoms with van der Waals surface area (Å²) in [6.07, 6.45) is 6.97. The lowest BCUT2D eigenvalue weighted by Crippen LogP contribution is -2.30. The van der Waals surface area contributed by atoms with Crippen LogP contribution in [0.5, 0.6) is 0 Å². The molecule has 1 aliphatic carbocycles. The molecule has 1 fully saturated rings. The van der Waals surface area contributed by atoms with E-state index in [1.807, 2.05) is 13.8 Å². The monoisotopic (exact) mass is 462 g/mol. The third kappa shape index (κ3) is 9.92. The highest BCUT2D eigenvalue weighted by molar-refractivity contribution is 5.86. The molecule has 188 valence electrons. The fourth-order valence-corrected chi connectivity index (χ4v) is 4.73. The minimum absolute atomic E-state index is 0.00331. The molecule has 5 nitrogen and oxygen atoms in total. The average Bonchev–Trinajstić information content (AvgIpc) is 3.01. The van der Waals surface area contributed by atoms with Gasteiger partial charge in [0.1, 0.15) is 5.78 Å². The molecule has 0 saturated heterocycles. The topological polar surface area (TPSA) is 83.8 Å². The number of carbonyl (C=O) groups excluding carboxylic acids is 2. The molecule has 2 N–H and O–H groups in total. The Hall–Kier alpha value is -0.920. The average molecular weight is 463 g/mol. The second-order valence-electron chi connectivity index (χ2n) is 9.86. The molecule has 32 heavy (non-hydrogen) atoms. The molecule has 0 aromatic heterocycles. The van der Waals surface area contributed by atoms with E-state index in [1.165, 1.54) is 0 Å². The Morgan fingerprint density at radius 1 is 1.09 bits per heavy atom. The Bertz CT molecular complexity index is 552. The summed E-state index contributed by atoms with van der Waals surface area (Å²) in [6.45, 7) is 5.84. The number of Topliss-reactive ketones (excluding diaryl/α,β-unsaturated/α-hetero) is 2. The predicted octanol–water partition coefficient (Wildman–Crippen LogP) is 6.36. The summed E-state index contributed by atoms with van der Waals surface area (Å²) in [5.41, 5.74) is 0. The van der Waals surface area contributed by atoms with E-state index in [1.54, 1.807) is 6.92 Å². The van der Waals surface area contributed by atoms with Crippen molar-refractivity contribution in [1.29, 1.82) is 0 Å². The van der Waals surface area contributed by atoms with E-state index in [0.717, 1.165) is 44.9 Å². The summed E-state index contributed by atoms with van der Waals surface area (Å²) in [6, 6.07) is 0. The highest BCUT2D eigenvalue weighted by atomic mass is 19.3. The molecule has 4 atom stereocenters. The molecule has 0 aliphatic heterocycles. The van der Waals surface area contributed by atoms with Crippen molar-refractivity contribution in [2.24, 2.45) is 17.8 Å². The molecule has 0 heterocycles. The molecule has 1 aliphatic rings. The van der Waals surface area contributed by atoms with Gasteiger partial charge in [-0.3, -0.25) is 14.8 Å². The second kappa shape index (κ2) is 15.1. The van der Waals surface area contributed by atoms with Crippen LogP contribution in [0.1, 0.15) is 111 Å². The van der Waals surface area contributed by atoms with E-state index in [-0.39, 0.29) is 48.9 Å². The number of alkyl halides is 2. The Labute approximate surface area is 192 Å². The van der Waals surface area contributed by atoms with Crippen LogP contribution in [0.4, 0.5) is 8.78 Å². The van der Waals surface area contributed by atoms with Crippen molar-refractivity contribution in [3.8, 4) is 0 Å². The van der Waals surface area contributed by atoms with Gasteiger partial charge in [0.25, 0.3) is 0 Å². The number of carbonyl (C=O) groups is 2. The molecule has 1 rings (SSSR count). The van der Waals surface area contributed by atoms with Gasteiger partial charge in [0.2, 0.25) is 5.78 Å². The highest BCUT2D eigenvalue weighted by Crippen LogP contribution is 2.37. The van der Waals surface area contributed by atoms with E-state index in [0.29, 0.717) is 19.3 Å². The Kier molecular flexibility index (Phi) is 13.7. The smallest absolute Gasteiger partial charge is 0.305 e.